The van der Waals surface area contributed by atoms with Gasteiger partial charge in [0.25, 0.3) is 0 Å². The number of carbonyl (C=O) groups excluding carboxylic acids is 1. The summed E-state index contributed by atoms with van der Waals surface area (Å²) in [7, 11) is 0. The highest BCUT2D eigenvalue weighted by Crippen LogP contribution is 2.22. The zero-order chi connectivity index (χ0) is 18.6. The van der Waals surface area contributed by atoms with E-state index in [4.69, 9.17) is 4.42 Å². The Labute approximate surface area is 158 Å². The molecule has 6 nitrogen and oxygen atoms in total. The Balaban J connectivity index is 1.32. The van der Waals surface area contributed by atoms with Crippen LogP contribution < -0.4 is 10.6 Å². The molecular weight excluding hydrogens is 340 g/mol. The van der Waals surface area contributed by atoms with Crippen molar-refractivity contribution in [1.29, 1.82) is 0 Å². The molecule has 2 aromatic heterocycles. The molecule has 1 aromatic carbocycles. The molecule has 2 amide bonds. The van der Waals surface area contributed by atoms with Gasteiger partial charge in [0.2, 0.25) is 0 Å². The quantitative estimate of drug-likeness (QED) is 0.736. The highest BCUT2D eigenvalue weighted by atomic mass is 16.3. The summed E-state index contributed by atoms with van der Waals surface area (Å²) in [4.78, 5) is 19.0. The second kappa shape index (κ2) is 7.80. The number of aromatic nitrogens is 1. The van der Waals surface area contributed by atoms with Crippen LogP contribution in [-0.2, 0) is 6.54 Å². The second-order valence-corrected chi connectivity index (χ2v) is 7.14. The first-order valence-corrected chi connectivity index (χ1v) is 9.35. The monoisotopic (exact) mass is 364 g/mol. The Hall–Kier alpha value is -2.86. The van der Waals surface area contributed by atoms with E-state index in [0.717, 1.165) is 54.9 Å². The Morgan fingerprint density at radius 2 is 2.26 bits per heavy atom. The van der Waals surface area contributed by atoms with Gasteiger partial charge in [-0.25, -0.2) is 4.79 Å². The maximum atomic E-state index is 12.4. The van der Waals surface area contributed by atoms with Crippen molar-refractivity contribution >= 4 is 22.7 Å². The minimum absolute atomic E-state index is 0.148. The number of nitrogens with zero attached hydrogens (tertiary/aromatic N) is 2. The molecule has 140 valence electrons. The minimum atomic E-state index is -0.164. The molecule has 0 unspecified atom stereocenters. The topological polar surface area (TPSA) is 70.4 Å². The lowest BCUT2D eigenvalue weighted by Crippen LogP contribution is -2.48. The molecule has 0 aliphatic carbocycles. The predicted octanol–water partition coefficient (Wildman–Crippen LogP) is 3.92. The van der Waals surface area contributed by atoms with Crippen molar-refractivity contribution in [2.24, 2.45) is 0 Å². The van der Waals surface area contributed by atoms with E-state index in [2.05, 4.69) is 26.6 Å². The summed E-state index contributed by atoms with van der Waals surface area (Å²) in [6, 6.07) is 11.7. The van der Waals surface area contributed by atoms with Crippen LogP contribution >= 0.6 is 0 Å². The van der Waals surface area contributed by atoms with Gasteiger partial charge in [-0.1, -0.05) is 6.07 Å². The van der Waals surface area contributed by atoms with Gasteiger partial charge in [0.1, 0.15) is 11.3 Å². The van der Waals surface area contributed by atoms with Crippen LogP contribution in [0.4, 0.5) is 10.5 Å². The Morgan fingerprint density at radius 1 is 1.33 bits per heavy atom. The Kier molecular flexibility index (Phi) is 5.07. The van der Waals surface area contributed by atoms with Crippen LogP contribution in [0, 0.1) is 6.92 Å². The molecular formula is C21H24N4O2. The van der Waals surface area contributed by atoms with Crippen LogP contribution in [-0.4, -0.2) is 35.0 Å². The lowest BCUT2D eigenvalue weighted by Gasteiger charge is -2.33. The van der Waals surface area contributed by atoms with Gasteiger partial charge in [-0.05, 0) is 62.2 Å². The molecule has 1 atom stereocenters. The van der Waals surface area contributed by atoms with Gasteiger partial charge in [0.05, 0.1) is 0 Å². The number of urea groups is 1. The van der Waals surface area contributed by atoms with E-state index in [9.17, 15) is 4.79 Å². The summed E-state index contributed by atoms with van der Waals surface area (Å²) in [5.74, 6) is 0.863. The molecule has 0 saturated carbocycles. The van der Waals surface area contributed by atoms with Crippen molar-refractivity contribution in [2.75, 3.05) is 18.4 Å². The lowest BCUT2D eigenvalue weighted by molar-refractivity contribution is 0.183. The van der Waals surface area contributed by atoms with Gasteiger partial charge in [0, 0.05) is 42.6 Å². The van der Waals surface area contributed by atoms with E-state index >= 15 is 0 Å². The molecule has 4 rings (SSSR count). The number of carbonyl (C=O) groups is 1. The Morgan fingerprint density at radius 3 is 3.11 bits per heavy atom. The molecule has 0 spiro atoms. The number of benzene rings is 1. The number of piperidine rings is 1. The molecule has 27 heavy (non-hydrogen) atoms. The summed E-state index contributed by atoms with van der Waals surface area (Å²) >= 11 is 0. The SMILES string of the molecule is Cc1cc2cc(NC(=O)N[C@@H]3CCCN(Cc4cccnc4)C3)ccc2o1. The first-order chi connectivity index (χ1) is 13.2. The minimum Gasteiger partial charge on any atom is -0.461 e. The summed E-state index contributed by atoms with van der Waals surface area (Å²) in [6.07, 6.45) is 5.76. The van der Waals surface area contributed by atoms with Crippen LogP contribution in [0.3, 0.4) is 0 Å². The summed E-state index contributed by atoms with van der Waals surface area (Å²) in [6.45, 7) is 4.68. The van der Waals surface area contributed by atoms with Crippen LogP contribution in [0.2, 0.25) is 0 Å². The third-order valence-corrected chi connectivity index (χ3v) is 4.87. The maximum absolute atomic E-state index is 12.4. The van der Waals surface area contributed by atoms with E-state index in [1.165, 1.54) is 5.56 Å². The van der Waals surface area contributed by atoms with E-state index in [1.54, 1.807) is 6.20 Å². The van der Waals surface area contributed by atoms with Gasteiger partial charge in [-0.2, -0.15) is 0 Å². The highest BCUT2D eigenvalue weighted by Gasteiger charge is 2.21. The number of fused-ring (bicyclic) bond motifs is 1. The summed E-state index contributed by atoms with van der Waals surface area (Å²) < 4.78 is 5.57. The number of likely N-dealkylation sites (tertiary alicyclic amines) is 1. The largest absolute Gasteiger partial charge is 0.461 e. The van der Waals surface area contributed by atoms with Gasteiger partial charge in [-0.15, -0.1) is 0 Å². The van der Waals surface area contributed by atoms with Crippen LogP contribution in [0.15, 0.2) is 53.2 Å². The normalized spacial score (nSPS) is 17.7. The summed E-state index contributed by atoms with van der Waals surface area (Å²) in [5.41, 5.74) is 2.80. The van der Waals surface area contributed by atoms with Crippen LogP contribution in [0.25, 0.3) is 11.0 Å². The summed E-state index contributed by atoms with van der Waals surface area (Å²) in [5, 5.41) is 7.03. The van der Waals surface area contributed by atoms with E-state index in [1.807, 2.05) is 43.5 Å². The van der Waals surface area contributed by atoms with Gasteiger partial charge < -0.3 is 15.1 Å². The first-order valence-electron chi connectivity index (χ1n) is 9.35. The number of aryl methyl sites for hydroxylation is 1. The lowest BCUT2D eigenvalue weighted by atomic mass is 10.1. The molecule has 1 fully saturated rings. The maximum Gasteiger partial charge on any atom is 0.319 e. The molecule has 1 aliphatic rings. The van der Waals surface area contributed by atoms with Gasteiger partial charge >= 0.3 is 6.03 Å². The number of nitrogens with one attached hydrogen (secondary N) is 2. The zero-order valence-electron chi connectivity index (χ0n) is 15.4. The fraction of sp³-hybridized carbons (Fsp3) is 0.333. The van der Waals surface area contributed by atoms with Crippen molar-refractivity contribution in [1.82, 2.24) is 15.2 Å². The second-order valence-electron chi connectivity index (χ2n) is 7.14. The van der Waals surface area contributed by atoms with Crippen molar-refractivity contribution < 1.29 is 9.21 Å². The van der Waals surface area contributed by atoms with Crippen molar-refractivity contribution in [3.8, 4) is 0 Å². The van der Waals surface area contributed by atoms with E-state index < -0.39 is 0 Å². The Bertz CT molecular complexity index is 922. The number of hydrogen-bond donors (Lipinski definition) is 2. The van der Waals surface area contributed by atoms with Crippen LogP contribution in [0.1, 0.15) is 24.2 Å². The smallest absolute Gasteiger partial charge is 0.319 e. The van der Waals surface area contributed by atoms with Crippen molar-refractivity contribution in [2.45, 2.75) is 32.4 Å². The van der Waals surface area contributed by atoms with E-state index in [0.29, 0.717) is 0 Å². The third kappa shape index (κ3) is 4.46. The fourth-order valence-corrected chi connectivity index (χ4v) is 3.67. The highest BCUT2D eigenvalue weighted by molar-refractivity contribution is 5.92. The van der Waals surface area contributed by atoms with Gasteiger partial charge in [0.15, 0.2) is 0 Å². The number of pyridine rings is 1. The van der Waals surface area contributed by atoms with Crippen LogP contribution in [0.5, 0.6) is 0 Å². The standard InChI is InChI=1S/C21H24N4O2/c1-15-10-17-11-18(6-7-20(17)27-15)23-21(26)24-19-5-3-9-25(14-19)13-16-4-2-8-22-12-16/h2,4,6-8,10-12,19H,3,5,9,13-14H2,1H3,(H2,23,24,26)/t19-/m1/s1. The number of hydrogen-bond acceptors (Lipinski definition) is 4. The molecule has 1 aliphatic heterocycles. The van der Waals surface area contributed by atoms with Crippen molar-refractivity contribution in [3.05, 3.63) is 60.1 Å². The molecule has 1 saturated heterocycles. The number of rotatable bonds is 4. The van der Waals surface area contributed by atoms with Crippen molar-refractivity contribution in [3.63, 3.8) is 0 Å². The van der Waals surface area contributed by atoms with Gasteiger partial charge in [-0.3, -0.25) is 9.88 Å². The number of amides is 2. The molecule has 3 aromatic rings. The molecule has 0 bridgehead atoms. The fourth-order valence-electron chi connectivity index (χ4n) is 3.67. The number of anilines is 1. The molecule has 2 N–H and O–H groups in total. The number of furan rings is 1. The molecule has 6 heteroatoms. The first kappa shape index (κ1) is 17.5. The average Bonchev–Trinajstić information content (AvgIpc) is 3.02. The third-order valence-electron chi connectivity index (χ3n) is 4.87. The molecule has 3 heterocycles. The zero-order valence-corrected chi connectivity index (χ0v) is 15.4. The molecule has 0 radical (unpaired) electrons. The predicted molar refractivity (Wildman–Crippen MR) is 106 cm³/mol. The van der Waals surface area contributed by atoms with E-state index in [-0.39, 0.29) is 12.1 Å². The average molecular weight is 364 g/mol.